The maximum absolute atomic E-state index is 11.8. The van der Waals surface area contributed by atoms with Crippen LogP contribution in [0.3, 0.4) is 0 Å². The van der Waals surface area contributed by atoms with E-state index in [1.807, 2.05) is 32.9 Å². The predicted octanol–water partition coefficient (Wildman–Crippen LogP) is 2.03. The predicted molar refractivity (Wildman–Crippen MR) is 77.1 cm³/mol. The molecule has 0 aromatic heterocycles. The fourth-order valence-corrected chi connectivity index (χ4v) is 2.88. The van der Waals surface area contributed by atoms with E-state index < -0.39 is 10.0 Å². The van der Waals surface area contributed by atoms with E-state index in [9.17, 15) is 8.42 Å². The van der Waals surface area contributed by atoms with E-state index in [0.717, 1.165) is 11.1 Å². The number of hydrogen-bond acceptors (Lipinski definition) is 3. The average molecular weight is 285 g/mol. The number of aliphatic hydroxyl groups excluding tert-OH is 1. The molecule has 2 N–H and O–H groups in total. The van der Waals surface area contributed by atoms with Gasteiger partial charge in [0.15, 0.2) is 0 Å². The molecule has 0 aliphatic carbocycles. The van der Waals surface area contributed by atoms with Crippen molar-refractivity contribution in [2.45, 2.75) is 40.3 Å². The number of sulfonamides is 1. The number of hydrogen-bond donors (Lipinski definition) is 2. The second kappa shape index (κ2) is 6.50. The molecule has 0 saturated heterocycles. The van der Waals surface area contributed by atoms with E-state index in [2.05, 4.69) is 4.72 Å². The molecule has 4 nitrogen and oxygen atoms in total. The molecule has 108 valence electrons. The topological polar surface area (TPSA) is 66.4 Å². The van der Waals surface area contributed by atoms with Gasteiger partial charge in [-0.2, -0.15) is 0 Å². The van der Waals surface area contributed by atoms with Crippen molar-refractivity contribution < 1.29 is 13.5 Å². The monoisotopic (exact) mass is 285 g/mol. The molecule has 19 heavy (non-hydrogen) atoms. The molecule has 0 unspecified atom stereocenters. The van der Waals surface area contributed by atoms with Crippen molar-refractivity contribution in [2.75, 3.05) is 5.75 Å². The summed E-state index contributed by atoms with van der Waals surface area (Å²) in [5.41, 5.74) is 1.72. The quantitative estimate of drug-likeness (QED) is 0.840. The number of benzene rings is 1. The number of rotatable bonds is 6. The Hall–Kier alpha value is -0.910. The van der Waals surface area contributed by atoms with Crippen LogP contribution in [0.2, 0.25) is 0 Å². The first-order valence-electron chi connectivity index (χ1n) is 6.38. The van der Waals surface area contributed by atoms with Gasteiger partial charge in [-0.1, -0.05) is 45.0 Å². The van der Waals surface area contributed by atoms with Gasteiger partial charge in [0.25, 0.3) is 0 Å². The van der Waals surface area contributed by atoms with Gasteiger partial charge in [-0.15, -0.1) is 0 Å². The minimum atomic E-state index is -3.23. The molecular weight excluding hydrogens is 262 g/mol. The van der Waals surface area contributed by atoms with Crippen LogP contribution in [0.1, 0.15) is 38.3 Å². The van der Waals surface area contributed by atoms with Crippen LogP contribution < -0.4 is 4.72 Å². The maximum Gasteiger partial charge on any atom is 0.211 e. The lowest BCUT2D eigenvalue weighted by Crippen LogP contribution is -2.28. The van der Waals surface area contributed by atoms with Crippen LogP contribution in [0.5, 0.6) is 0 Å². The Morgan fingerprint density at radius 1 is 1.11 bits per heavy atom. The lowest BCUT2D eigenvalue weighted by molar-refractivity contribution is 0.282. The van der Waals surface area contributed by atoms with Gasteiger partial charge in [0, 0.05) is 6.54 Å². The summed E-state index contributed by atoms with van der Waals surface area (Å²) in [7, 11) is -3.23. The van der Waals surface area contributed by atoms with Crippen LogP contribution in [0.25, 0.3) is 0 Å². The summed E-state index contributed by atoms with van der Waals surface area (Å²) in [6, 6.07) is 7.22. The van der Waals surface area contributed by atoms with Crippen LogP contribution in [0.4, 0.5) is 0 Å². The SMILES string of the molecule is CC(C)(C)CCS(=O)(=O)NCc1ccc(CO)cc1. The van der Waals surface area contributed by atoms with Crippen molar-refractivity contribution in [3.05, 3.63) is 35.4 Å². The molecule has 0 heterocycles. The Bertz CT molecular complexity index is 486. The molecule has 0 atom stereocenters. The lowest BCUT2D eigenvalue weighted by Gasteiger charge is -2.17. The highest BCUT2D eigenvalue weighted by Gasteiger charge is 2.16. The van der Waals surface area contributed by atoms with Crippen LogP contribution in [0, 0.1) is 5.41 Å². The highest BCUT2D eigenvalue weighted by molar-refractivity contribution is 7.89. The highest BCUT2D eigenvalue weighted by Crippen LogP contribution is 2.19. The summed E-state index contributed by atoms with van der Waals surface area (Å²) in [4.78, 5) is 0. The van der Waals surface area contributed by atoms with Crippen molar-refractivity contribution in [3.8, 4) is 0 Å². The first-order valence-corrected chi connectivity index (χ1v) is 8.03. The Morgan fingerprint density at radius 3 is 2.11 bits per heavy atom. The van der Waals surface area contributed by atoms with Gasteiger partial charge >= 0.3 is 0 Å². The lowest BCUT2D eigenvalue weighted by atomic mass is 9.94. The van der Waals surface area contributed by atoms with Gasteiger partial charge < -0.3 is 5.11 Å². The second-order valence-corrected chi connectivity index (χ2v) is 7.85. The minimum Gasteiger partial charge on any atom is -0.392 e. The normalized spacial score (nSPS) is 12.6. The third-order valence-corrected chi connectivity index (χ3v) is 4.15. The average Bonchev–Trinajstić information content (AvgIpc) is 2.34. The summed E-state index contributed by atoms with van der Waals surface area (Å²) in [5.74, 6) is 0.144. The molecule has 0 spiro atoms. The van der Waals surface area contributed by atoms with E-state index in [-0.39, 0.29) is 24.3 Å². The molecule has 0 bridgehead atoms. The standard InChI is InChI=1S/C14H23NO3S/c1-14(2,3)8-9-19(17,18)15-10-12-4-6-13(11-16)7-5-12/h4-7,15-16H,8-11H2,1-3H3. The molecule has 0 radical (unpaired) electrons. The van der Waals surface area contributed by atoms with E-state index in [4.69, 9.17) is 5.11 Å². The third-order valence-electron chi connectivity index (χ3n) is 2.82. The zero-order valence-electron chi connectivity index (χ0n) is 11.8. The summed E-state index contributed by atoms with van der Waals surface area (Å²) in [5, 5.41) is 8.92. The maximum atomic E-state index is 11.8. The molecule has 0 aliphatic rings. The first-order chi connectivity index (χ1) is 8.72. The Morgan fingerprint density at radius 2 is 1.63 bits per heavy atom. The van der Waals surface area contributed by atoms with E-state index >= 15 is 0 Å². The fraction of sp³-hybridized carbons (Fsp3) is 0.571. The van der Waals surface area contributed by atoms with Gasteiger partial charge in [0.05, 0.1) is 12.4 Å². The zero-order chi connectivity index (χ0) is 14.5. The van der Waals surface area contributed by atoms with Crippen molar-refractivity contribution >= 4 is 10.0 Å². The van der Waals surface area contributed by atoms with Crippen LogP contribution in [-0.2, 0) is 23.2 Å². The first kappa shape index (κ1) is 16.1. The van der Waals surface area contributed by atoms with Crippen LogP contribution >= 0.6 is 0 Å². The van der Waals surface area contributed by atoms with Gasteiger partial charge in [0.1, 0.15) is 0 Å². The van der Waals surface area contributed by atoms with E-state index in [1.165, 1.54) is 0 Å². The molecular formula is C14H23NO3S. The Labute approximate surface area is 115 Å². The Balaban J connectivity index is 2.50. The van der Waals surface area contributed by atoms with Gasteiger partial charge in [-0.05, 0) is 23.0 Å². The fourth-order valence-electron chi connectivity index (χ4n) is 1.47. The minimum absolute atomic E-state index is 0.00239. The molecule has 1 rings (SSSR count). The van der Waals surface area contributed by atoms with E-state index in [0.29, 0.717) is 6.42 Å². The van der Waals surface area contributed by atoms with E-state index in [1.54, 1.807) is 12.1 Å². The largest absolute Gasteiger partial charge is 0.392 e. The molecule has 1 aromatic carbocycles. The van der Waals surface area contributed by atoms with Crippen molar-refractivity contribution in [3.63, 3.8) is 0 Å². The van der Waals surface area contributed by atoms with Gasteiger partial charge in [0.2, 0.25) is 10.0 Å². The smallest absolute Gasteiger partial charge is 0.211 e. The number of nitrogens with one attached hydrogen (secondary N) is 1. The molecule has 1 aromatic rings. The molecule has 0 fully saturated rings. The summed E-state index contributed by atoms with van der Waals surface area (Å²) in [6.45, 7) is 6.36. The Kier molecular flexibility index (Phi) is 5.52. The molecule has 0 saturated carbocycles. The molecule has 0 amide bonds. The summed E-state index contributed by atoms with van der Waals surface area (Å²) < 4.78 is 26.2. The summed E-state index contributed by atoms with van der Waals surface area (Å²) in [6.07, 6.45) is 0.631. The second-order valence-electron chi connectivity index (χ2n) is 5.93. The zero-order valence-corrected chi connectivity index (χ0v) is 12.6. The molecule has 5 heteroatoms. The molecule has 0 aliphatic heterocycles. The highest BCUT2D eigenvalue weighted by atomic mass is 32.2. The van der Waals surface area contributed by atoms with Gasteiger partial charge in [-0.3, -0.25) is 0 Å². The number of aliphatic hydroxyl groups is 1. The van der Waals surface area contributed by atoms with Crippen molar-refractivity contribution in [2.24, 2.45) is 5.41 Å². The van der Waals surface area contributed by atoms with Crippen LogP contribution in [0.15, 0.2) is 24.3 Å². The van der Waals surface area contributed by atoms with Crippen molar-refractivity contribution in [1.29, 1.82) is 0 Å². The van der Waals surface area contributed by atoms with Gasteiger partial charge in [-0.25, -0.2) is 13.1 Å². The summed E-state index contributed by atoms with van der Waals surface area (Å²) >= 11 is 0. The third kappa shape index (κ3) is 6.71. The van der Waals surface area contributed by atoms with Crippen LogP contribution in [-0.4, -0.2) is 19.3 Å². The van der Waals surface area contributed by atoms with Crippen molar-refractivity contribution in [1.82, 2.24) is 4.72 Å².